The van der Waals surface area contributed by atoms with Crippen molar-refractivity contribution in [1.29, 1.82) is 0 Å². The summed E-state index contributed by atoms with van der Waals surface area (Å²) in [7, 11) is 0. The quantitative estimate of drug-likeness (QED) is 0.656. The van der Waals surface area contributed by atoms with Gasteiger partial charge in [-0.05, 0) is 62.2 Å². The third-order valence-corrected chi connectivity index (χ3v) is 8.79. The minimum atomic E-state index is -0.378. The summed E-state index contributed by atoms with van der Waals surface area (Å²) < 4.78 is 0. The van der Waals surface area contributed by atoms with Crippen LogP contribution >= 0.6 is 11.3 Å². The van der Waals surface area contributed by atoms with Crippen LogP contribution in [0.15, 0.2) is 41.8 Å². The third kappa shape index (κ3) is 4.47. The maximum atomic E-state index is 13.8. The first-order chi connectivity index (χ1) is 16.1. The highest BCUT2D eigenvalue weighted by Gasteiger charge is 2.47. The van der Waals surface area contributed by atoms with Gasteiger partial charge in [-0.1, -0.05) is 43.5 Å². The molecule has 176 valence electrons. The van der Waals surface area contributed by atoms with Crippen molar-refractivity contribution < 1.29 is 9.59 Å². The summed E-state index contributed by atoms with van der Waals surface area (Å²) in [5, 5.41) is 5.32. The van der Waals surface area contributed by atoms with Crippen molar-refractivity contribution in [3.05, 3.63) is 57.8 Å². The Labute approximate surface area is 201 Å². The molecule has 1 aliphatic carbocycles. The minimum absolute atomic E-state index is 0.0426. The van der Waals surface area contributed by atoms with Crippen molar-refractivity contribution in [3.8, 4) is 0 Å². The van der Waals surface area contributed by atoms with Crippen LogP contribution in [0.1, 0.15) is 84.6 Å². The van der Waals surface area contributed by atoms with Gasteiger partial charge in [0, 0.05) is 35.6 Å². The predicted octanol–water partition coefficient (Wildman–Crippen LogP) is 4.96. The van der Waals surface area contributed by atoms with E-state index in [0.717, 1.165) is 49.2 Å². The van der Waals surface area contributed by atoms with E-state index in [1.807, 2.05) is 30.3 Å². The second kappa shape index (κ2) is 9.98. The standard InChI is InChI=1S/C27H35N3O2S/c1-19-9-6-7-16-29(19)17-15-28-26(31)24-21-12-4-5-13-22(21)27(32)30(20-10-2-3-11-20)25(24)23-14-8-18-33-23/h4-5,8,12-14,18-20,24-25H,2-3,6-7,9-11,15-17H2,1H3,(H,28,31). The van der Waals surface area contributed by atoms with Gasteiger partial charge in [0.15, 0.2) is 0 Å². The van der Waals surface area contributed by atoms with Gasteiger partial charge in [-0.25, -0.2) is 0 Å². The van der Waals surface area contributed by atoms with Crippen LogP contribution in [-0.2, 0) is 4.79 Å². The van der Waals surface area contributed by atoms with Gasteiger partial charge in [-0.15, -0.1) is 11.3 Å². The van der Waals surface area contributed by atoms with Gasteiger partial charge in [0.1, 0.15) is 0 Å². The fourth-order valence-corrected chi connectivity index (χ4v) is 6.96. The molecule has 2 fully saturated rings. The van der Waals surface area contributed by atoms with Gasteiger partial charge in [-0.3, -0.25) is 14.5 Å². The van der Waals surface area contributed by atoms with Crippen LogP contribution in [0, 0.1) is 0 Å². The topological polar surface area (TPSA) is 52.7 Å². The maximum Gasteiger partial charge on any atom is 0.254 e. The minimum Gasteiger partial charge on any atom is -0.354 e. The molecular formula is C27H35N3O2S. The second-order valence-electron chi connectivity index (χ2n) is 9.85. The SMILES string of the molecule is CC1CCCCN1CCNC(=O)C1c2ccccc2C(=O)N(C2CCCC2)C1c1cccs1. The Morgan fingerprint density at radius 1 is 1.06 bits per heavy atom. The summed E-state index contributed by atoms with van der Waals surface area (Å²) in [4.78, 5) is 33.2. The maximum absolute atomic E-state index is 13.8. The Hall–Kier alpha value is -2.18. The number of hydrogen-bond donors (Lipinski definition) is 1. The molecule has 33 heavy (non-hydrogen) atoms. The molecule has 3 heterocycles. The van der Waals surface area contributed by atoms with Gasteiger partial charge >= 0.3 is 0 Å². The number of nitrogens with one attached hydrogen (secondary N) is 1. The van der Waals surface area contributed by atoms with E-state index in [-0.39, 0.29) is 29.8 Å². The summed E-state index contributed by atoms with van der Waals surface area (Å²) in [5.74, 6) is -0.250. The Morgan fingerprint density at radius 2 is 1.85 bits per heavy atom. The molecule has 5 nitrogen and oxygen atoms in total. The fourth-order valence-electron chi connectivity index (χ4n) is 6.10. The largest absolute Gasteiger partial charge is 0.354 e. The molecule has 2 aromatic rings. The summed E-state index contributed by atoms with van der Waals surface area (Å²) >= 11 is 1.65. The van der Waals surface area contributed by atoms with Crippen LogP contribution in [0.5, 0.6) is 0 Å². The molecule has 1 aromatic carbocycles. The Balaban J connectivity index is 1.44. The monoisotopic (exact) mass is 465 g/mol. The molecule has 1 N–H and O–H groups in total. The average Bonchev–Trinajstić information content (AvgIpc) is 3.55. The zero-order valence-corrected chi connectivity index (χ0v) is 20.4. The first-order valence-corrected chi connectivity index (χ1v) is 13.5. The van der Waals surface area contributed by atoms with E-state index in [9.17, 15) is 9.59 Å². The number of nitrogens with zero attached hydrogens (tertiary/aromatic N) is 2. The van der Waals surface area contributed by atoms with Gasteiger partial charge < -0.3 is 10.2 Å². The Kier molecular flexibility index (Phi) is 6.84. The molecule has 6 heteroatoms. The van der Waals surface area contributed by atoms with Crippen molar-refractivity contribution >= 4 is 23.2 Å². The number of carbonyl (C=O) groups is 2. The lowest BCUT2D eigenvalue weighted by atomic mass is 9.80. The molecule has 2 amide bonds. The number of likely N-dealkylation sites (tertiary alicyclic amines) is 1. The molecule has 1 aromatic heterocycles. The van der Waals surface area contributed by atoms with E-state index in [1.54, 1.807) is 11.3 Å². The lowest BCUT2D eigenvalue weighted by Crippen LogP contribution is -2.51. The number of rotatable bonds is 6. The first kappa shape index (κ1) is 22.6. The third-order valence-electron chi connectivity index (χ3n) is 7.85. The van der Waals surface area contributed by atoms with Gasteiger partial charge in [0.2, 0.25) is 5.91 Å². The van der Waals surface area contributed by atoms with Crippen molar-refractivity contribution in [2.45, 2.75) is 75.9 Å². The average molecular weight is 466 g/mol. The smallest absolute Gasteiger partial charge is 0.254 e. The summed E-state index contributed by atoms with van der Waals surface area (Å²) in [6.45, 7) is 4.94. The van der Waals surface area contributed by atoms with Crippen LogP contribution < -0.4 is 5.32 Å². The lowest BCUT2D eigenvalue weighted by molar-refractivity contribution is -0.124. The Morgan fingerprint density at radius 3 is 2.61 bits per heavy atom. The highest BCUT2D eigenvalue weighted by Crippen LogP contribution is 2.47. The molecule has 3 aliphatic rings. The molecule has 3 unspecified atom stereocenters. The molecule has 5 rings (SSSR count). The zero-order chi connectivity index (χ0) is 22.8. The summed E-state index contributed by atoms with van der Waals surface area (Å²) in [5.41, 5.74) is 1.57. The normalized spacial score (nSPS) is 26.4. The van der Waals surface area contributed by atoms with Gasteiger partial charge in [0.05, 0.1) is 12.0 Å². The Bertz CT molecular complexity index is 970. The molecule has 2 aliphatic heterocycles. The molecule has 0 radical (unpaired) electrons. The summed E-state index contributed by atoms with van der Waals surface area (Å²) in [6, 6.07) is 12.4. The fraction of sp³-hybridized carbons (Fsp3) is 0.556. The van der Waals surface area contributed by atoms with E-state index in [0.29, 0.717) is 18.2 Å². The van der Waals surface area contributed by atoms with E-state index in [4.69, 9.17) is 0 Å². The van der Waals surface area contributed by atoms with Gasteiger partial charge in [-0.2, -0.15) is 0 Å². The zero-order valence-electron chi connectivity index (χ0n) is 19.5. The van der Waals surface area contributed by atoms with Crippen molar-refractivity contribution in [1.82, 2.24) is 15.1 Å². The van der Waals surface area contributed by atoms with E-state index in [2.05, 4.69) is 33.5 Å². The highest BCUT2D eigenvalue weighted by atomic mass is 32.1. The van der Waals surface area contributed by atoms with Crippen LogP contribution in [-0.4, -0.2) is 53.3 Å². The number of carbonyl (C=O) groups excluding carboxylic acids is 2. The predicted molar refractivity (Wildman–Crippen MR) is 133 cm³/mol. The second-order valence-corrected chi connectivity index (χ2v) is 10.8. The van der Waals surface area contributed by atoms with Crippen molar-refractivity contribution in [3.63, 3.8) is 0 Å². The van der Waals surface area contributed by atoms with Crippen molar-refractivity contribution in [2.24, 2.45) is 0 Å². The van der Waals surface area contributed by atoms with Crippen LogP contribution in [0.2, 0.25) is 0 Å². The number of amides is 2. The van der Waals surface area contributed by atoms with Gasteiger partial charge in [0.25, 0.3) is 5.91 Å². The van der Waals surface area contributed by atoms with E-state index >= 15 is 0 Å². The number of thiophene rings is 1. The molecular weight excluding hydrogens is 430 g/mol. The molecule has 0 spiro atoms. The highest BCUT2D eigenvalue weighted by molar-refractivity contribution is 7.10. The summed E-state index contributed by atoms with van der Waals surface area (Å²) in [6.07, 6.45) is 8.14. The molecule has 1 saturated heterocycles. The van der Waals surface area contributed by atoms with Crippen LogP contribution in [0.4, 0.5) is 0 Å². The van der Waals surface area contributed by atoms with E-state index in [1.165, 1.54) is 19.3 Å². The number of fused-ring (bicyclic) bond motifs is 1. The van der Waals surface area contributed by atoms with E-state index < -0.39 is 0 Å². The molecule has 3 atom stereocenters. The molecule has 1 saturated carbocycles. The molecule has 0 bridgehead atoms. The first-order valence-electron chi connectivity index (χ1n) is 12.6. The van der Waals surface area contributed by atoms with Crippen LogP contribution in [0.3, 0.4) is 0 Å². The number of piperidine rings is 1. The lowest BCUT2D eigenvalue weighted by Gasteiger charge is -2.44. The van der Waals surface area contributed by atoms with Crippen LogP contribution in [0.25, 0.3) is 0 Å². The number of benzene rings is 1. The number of hydrogen-bond acceptors (Lipinski definition) is 4. The van der Waals surface area contributed by atoms with Crippen molar-refractivity contribution in [2.75, 3.05) is 19.6 Å².